The Labute approximate surface area is 116 Å². The number of aromatic nitrogens is 1. The predicted molar refractivity (Wildman–Crippen MR) is 79.5 cm³/mol. The first-order valence-electron chi connectivity index (χ1n) is 6.30. The van der Waals surface area contributed by atoms with Crippen molar-refractivity contribution in [1.82, 2.24) is 4.98 Å². The summed E-state index contributed by atoms with van der Waals surface area (Å²) in [5.41, 5.74) is 3.08. The molecule has 0 saturated carbocycles. The smallest absolute Gasteiger partial charge is 0.0832 e. The number of benzene rings is 1. The molecule has 3 heteroatoms. The minimum atomic E-state index is -0.472. The Kier molecular flexibility index (Phi) is 3.32. The number of fused-ring (bicyclic) bond motifs is 1. The van der Waals surface area contributed by atoms with Gasteiger partial charge in [0.05, 0.1) is 6.10 Å². The van der Waals surface area contributed by atoms with E-state index >= 15 is 0 Å². The van der Waals surface area contributed by atoms with E-state index in [-0.39, 0.29) is 0 Å². The molecule has 0 aliphatic rings. The summed E-state index contributed by atoms with van der Waals surface area (Å²) in [7, 11) is 0. The van der Waals surface area contributed by atoms with Gasteiger partial charge in [-0.1, -0.05) is 18.2 Å². The zero-order chi connectivity index (χ0) is 13.2. The van der Waals surface area contributed by atoms with Crippen molar-refractivity contribution in [2.24, 2.45) is 0 Å². The Morgan fingerprint density at radius 3 is 2.95 bits per heavy atom. The second-order valence-electron chi connectivity index (χ2n) is 4.71. The monoisotopic (exact) mass is 269 g/mol. The van der Waals surface area contributed by atoms with Crippen LogP contribution in [0.15, 0.2) is 48.0 Å². The molecule has 19 heavy (non-hydrogen) atoms. The highest BCUT2D eigenvalue weighted by molar-refractivity contribution is 7.17. The number of nitrogens with zero attached hydrogens (tertiary/aromatic N) is 1. The van der Waals surface area contributed by atoms with Crippen molar-refractivity contribution in [3.63, 3.8) is 0 Å². The number of aliphatic hydroxyl groups is 1. The molecule has 2 heterocycles. The fourth-order valence-corrected chi connectivity index (χ4v) is 3.27. The highest BCUT2D eigenvalue weighted by Crippen LogP contribution is 2.29. The lowest BCUT2D eigenvalue weighted by atomic mass is 10.0. The zero-order valence-electron chi connectivity index (χ0n) is 10.7. The summed E-state index contributed by atoms with van der Waals surface area (Å²) in [6.07, 6.45) is 1.92. The maximum absolute atomic E-state index is 10.4. The lowest BCUT2D eigenvalue weighted by molar-refractivity contribution is 0.179. The molecule has 0 saturated heterocycles. The maximum Gasteiger partial charge on any atom is 0.0832 e. The summed E-state index contributed by atoms with van der Waals surface area (Å²) in [6.45, 7) is 1.94. The SMILES string of the molecule is Cc1cc(C(O)Cc2csc3ccccc23)ccn1. The first-order valence-corrected chi connectivity index (χ1v) is 7.18. The highest BCUT2D eigenvalue weighted by Gasteiger charge is 2.12. The third-order valence-electron chi connectivity index (χ3n) is 3.28. The van der Waals surface area contributed by atoms with E-state index in [1.54, 1.807) is 17.5 Å². The van der Waals surface area contributed by atoms with Crippen LogP contribution in [0.2, 0.25) is 0 Å². The van der Waals surface area contributed by atoms with Crippen LogP contribution in [0.5, 0.6) is 0 Å². The number of aliphatic hydroxyl groups excluding tert-OH is 1. The average Bonchev–Trinajstić information content (AvgIpc) is 2.82. The fourth-order valence-electron chi connectivity index (χ4n) is 2.29. The summed E-state index contributed by atoms with van der Waals surface area (Å²) in [5.74, 6) is 0. The lowest BCUT2D eigenvalue weighted by Gasteiger charge is -2.10. The van der Waals surface area contributed by atoms with Gasteiger partial charge in [-0.2, -0.15) is 0 Å². The third-order valence-corrected chi connectivity index (χ3v) is 4.29. The molecule has 0 fully saturated rings. The van der Waals surface area contributed by atoms with Gasteiger partial charge < -0.3 is 5.11 Å². The van der Waals surface area contributed by atoms with Crippen LogP contribution in [0.4, 0.5) is 0 Å². The molecule has 3 rings (SSSR count). The van der Waals surface area contributed by atoms with E-state index in [0.29, 0.717) is 6.42 Å². The largest absolute Gasteiger partial charge is 0.388 e. The fraction of sp³-hybridized carbons (Fsp3) is 0.188. The molecule has 0 aliphatic heterocycles. The normalized spacial score (nSPS) is 12.7. The Bertz CT molecular complexity index is 705. The quantitative estimate of drug-likeness (QED) is 0.782. The number of aryl methyl sites for hydroxylation is 1. The van der Waals surface area contributed by atoms with Crippen LogP contribution < -0.4 is 0 Å². The van der Waals surface area contributed by atoms with Crippen LogP contribution in [-0.4, -0.2) is 10.1 Å². The summed E-state index contributed by atoms with van der Waals surface area (Å²) in [6, 6.07) is 12.1. The van der Waals surface area contributed by atoms with Crippen LogP contribution >= 0.6 is 11.3 Å². The van der Waals surface area contributed by atoms with E-state index < -0.39 is 6.10 Å². The van der Waals surface area contributed by atoms with Gasteiger partial charge in [-0.3, -0.25) is 4.98 Å². The van der Waals surface area contributed by atoms with Gasteiger partial charge in [0.25, 0.3) is 0 Å². The van der Waals surface area contributed by atoms with E-state index in [4.69, 9.17) is 0 Å². The molecule has 0 amide bonds. The Balaban J connectivity index is 1.89. The molecule has 1 unspecified atom stereocenters. The van der Waals surface area contributed by atoms with Crippen molar-refractivity contribution in [2.45, 2.75) is 19.4 Å². The standard InChI is InChI=1S/C16H15NOS/c1-11-8-12(6-7-17-11)15(18)9-13-10-19-16-5-3-2-4-14(13)16/h2-8,10,15,18H,9H2,1H3. The van der Waals surface area contributed by atoms with E-state index in [9.17, 15) is 5.11 Å². The second kappa shape index (κ2) is 5.11. The van der Waals surface area contributed by atoms with Crippen molar-refractivity contribution in [1.29, 1.82) is 0 Å². The molecule has 3 aromatic rings. The summed E-state index contributed by atoms with van der Waals surface area (Å²) < 4.78 is 1.27. The van der Waals surface area contributed by atoms with Gasteiger partial charge in [-0.05, 0) is 47.0 Å². The number of rotatable bonds is 3. The number of thiophene rings is 1. The van der Waals surface area contributed by atoms with Crippen LogP contribution in [-0.2, 0) is 6.42 Å². The van der Waals surface area contributed by atoms with Gasteiger partial charge in [-0.15, -0.1) is 11.3 Å². The maximum atomic E-state index is 10.4. The van der Waals surface area contributed by atoms with Crippen LogP contribution in [0.25, 0.3) is 10.1 Å². The zero-order valence-corrected chi connectivity index (χ0v) is 11.5. The molecular weight excluding hydrogens is 254 g/mol. The summed E-state index contributed by atoms with van der Waals surface area (Å²) in [4.78, 5) is 4.16. The lowest BCUT2D eigenvalue weighted by Crippen LogP contribution is -2.02. The molecule has 0 spiro atoms. The van der Waals surface area contributed by atoms with Crippen molar-refractivity contribution >= 4 is 21.4 Å². The van der Waals surface area contributed by atoms with Gasteiger partial charge in [0.1, 0.15) is 0 Å². The van der Waals surface area contributed by atoms with Crippen LogP contribution in [0.3, 0.4) is 0 Å². The molecule has 2 nitrogen and oxygen atoms in total. The molecule has 0 bridgehead atoms. The Hall–Kier alpha value is -1.71. The van der Waals surface area contributed by atoms with Crippen LogP contribution in [0, 0.1) is 6.92 Å². The molecular formula is C16H15NOS. The first-order chi connectivity index (χ1) is 9.24. The van der Waals surface area contributed by atoms with Gasteiger partial charge in [0, 0.05) is 23.0 Å². The molecule has 0 radical (unpaired) electrons. The van der Waals surface area contributed by atoms with Crippen molar-refractivity contribution in [3.05, 3.63) is 64.8 Å². The molecule has 1 atom stereocenters. The first kappa shape index (κ1) is 12.3. The molecule has 0 aliphatic carbocycles. The summed E-state index contributed by atoms with van der Waals surface area (Å²) in [5, 5.41) is 13.7. The van der Waals surface area contributed by atoms with Crippen molar-refractivity contribution in [2.75, 3.05) is 0 Å². The van der Waals surface area contributed by atoms with E-state index in [1.165, 1.54) is 15.6 Å². The molecule has 1 N–H and O–H groups in total. The van der Waals surface area contributed by atoms with Gasteiger partial charge in [-0.25, -0.2) is 0 Å². The van der Waals surface area contributed by atoms with Gasteiger partial charge in [0.15, 0.2) is 0 Å². The third kappa shape index (κ3) is 2.53. The molecule has 1 aromatic carbocycles. The van der Waals surface area contributed by atoms with Crippen molar-refractivity contribution in [3.8, 4) is 0 Å². The Morgan fingerprint density at radius 1 is 1.26 bits per heavy atom. The topological polar surface area (TPSA) is 33.1 Å². The van der Waals surface area contributed by atoms with Gasteiger partial charge in [0.2, 0.25) is 0 Å². The van der Waals surface area contributed by atoms with E-state index in [0.717, 1.165) is 11.3 Å². The summed E-state index contributed by atoms with van der Waals surface area (Å²) >= 11 is 1.73. The van der Waals surface area contributed by atoms with Crippen LogP contribution in [0.1, 0.15) is 22.9 Å². The van der Waals surface area contributed by atoms with Gasteiger partial charge >= 0.3 is 0 Å². The number of hydrogen-bond acceptors (Lipinski definition) is 3. The minimum Gasteiger partial charge on any atom is -0.388 e. The van der Waals surface area contributed by atoms with E-state index in [2.05, 4.69) is 22.5 Å². The highest BCUT2D eigenvalue weighted by atomic mass is 32.1. The predicted octanol–water partition coefficient (Wildman–Crippen LogP) is 3.88. The molecule has 2 aromatic heterocycles. The minimum absolute atomic E-state index is 0.472. The molecule has 96 valence electrons. The van der Waals surface area contributed by atoms with E-state index in [1.807, 2.05) is 31.2 Å². The number of pyridine rings is 1. The number of hydrogen-bond donors (Lipinski definition) is 1. The second-order valence-corrected chi connectivity index (χ2v) is 5.62. The average molecular weight is 269 g/mol. The Morgan fingerprint density at radius 2 is 2.11 bits per heavy atom. The van der Waals surface area contributed by atoms with Crippen molar-refractivity contribution < 1.29 is 5.11 Å².